The summed E-state index contributed by atoms with van der Waals surface area (Å²) in [6.07, 6.45) is 1.54. The normalized spacial score (nSPS) is 16.5. The number of benzene rings is 1. The Morgan fingerprint density at radius 2 is 2.00 bits per heavy atom. The molecule has 1 atom stereocenters. The minimum atomic E-state index is -0.255. The van der Waals surface area contributed by atoms with Gasteiger partial charge in [0.25, 0.3) is 5.91 Å². The van der Waals surface area contributed by atoms with Crippen molar-refractivity contribution in [2.24, 2.45) is 5.92 Å². The summed E-state index contributed by atoms with van der Waals surface area (Å²) in [4.78, 5) is 30.8. The van der Waals surface area contributed by atoms with Crippen LogP contribution in [0.5, 0.6) is 11.5 Å². The highest BCUT2D eigenvalue weighted by atomic mass is 32.1. The minimum absolute atomic E-state index is 0.152. The number of rotatable bonds is 7. The molecule has 8 heteroatoms. The van der Waals surface area contributed by atoms with Crippen LogP contribution in [0.25, 0.3) is 0 Å². The molecule has 1 aromatic carbocycles. The summed E-state index contributed by atoms with van der Waals surface area (Å²) in [5.41, 5.74) is 0.392. The average molecular weight is 404 g/mol. The molecule has 1 unspecified atom stereocenters. The monoisotopic (exact) mass is 404 g/mol. The van der Waals surface area contributed by atoms with Gasteiger partial charge >= 0.3 is 5.97 Å². The number of likely N-dealkylation sites (tertiary alicyclic amines) is 1. The summed E-state index contributed by atoms with van der Waals surface area (Å²) < 4.78 is 15.9. The number of carbonyl (C=O) groups is 2. The van der Waals surface area contributed by atoms with E-state index in [0.29, 0.717) is 31.1 Å². The Kier molecular flexibility index (Phi) is 6.86. The van der Waals surface area contributed by atoms with Gasteiger partial charge in [-0.2, -0.15) is 0 Å². The number of ether oxygens (including phenoxy) is 3. The molecule has 1 fully saturated rings. The first-order valence-electron chi connectivity index (χ1n) is 9.28. The van der Waals surface area contributed by atoms with Crippen LogP contribution in [0.15, 0.2) is 29.6 Å². The number of thiazole rings is 1. The maximum atomic E-state index is 12.7. The fourth-order valence-electron chi connectivity index (χ4n) is 3.07. The SMILES string of the molecule is CCOC(=O)C1CCCN(C(=O)c2csc(COc3ccc(OC)cc3)n2)C1. The quantitative estimate of drug-likeness (QED) is 0.660. The van der Waals surface area contributed by atoms with Crippen molar-refractivity contribution in [2.75, 3.05) is 26.8 Å². The Balaban J connectivity index is 1.56. The van der Waals surface area contributed by atoms with Gasteiger partial charge < -0.3 is 19.1 Å². The lowest BCUT2D eigenvalue weighted by Crippen LogP contribution is -2.43. The van der Waals surface area contributed by atoms with E-state index in [1.807, 2.05) is 24.3 Å². The highest BCUT2D eigenvalue weighted by Gasteiger charge is 2.30. The van der Waals surface area contributed by atoms with Crippen molar-refractivity contribution in [1.82, 2.24) is 9.88 Å². The van der Waals surface area contributed by atoms with Crippen molar-refractivity contribution in [2.45, 2.75) is 26.4 Å². The first-order valence-corrected chi connectivity index (χ1v) is 10.2. The van der Waals surface area contributed by atoms with E-state index < -0.39 is 0 Å². The molecule has 1 aromatic heterocycles. The molecule has 0 radical (unpaired) electrons. The van der Waals surface area contributed by atoms with Crippen LogP contribution in [-0.4, -0.2) is 48.6 Å². The van der Waals surface area contributed by atoms with E-state index in [2.05, 4.69) is 4.98 Å². The van der Waals surface area contributed by atoms with Crippen LogP contribution in [0.1, 0.15) is 35.3 Å². The summed E-state index contributed by atoms with van der Waals surface area (Å²) in [5, 5.41) is 2.46. The van der Waals surface area contributed by atoms with Gasteiger partial charge in [0.15, 0.2) is 0 Å². The molecule has 2 heterocycles. The third kappa shape index (κ3) is 5.01. The van der Waals surface area contributed by atoms with Gasteiger partial charge in [0.05, 0.1) is 19.6 Å². The number of hydrogen-bond donors (Lipinski definition) is 0. The van der Waals surface area contributed by atoms with Gasteiger partial charge in [0.1, 0.15) is 28.8 Å². The molecule has 150 valence electrons. The Morgan fingerprint density at radius 1 is 1.25 bits per heavy atom. The minimum Gasteiger partial charge on any atom is -0.497 e. The van der Waals surface area contributed by atoms with E-state index in [-0.39, 0.29) is 24.4 Å². The van der Waals surface area contributed by atoms with Gasteiger partial charge in [-0.3, -0.25) is 9.59 Å². The Bertz CT molecular complexity index is 805. The molecule has 0 N–H and O–H groups in total. The third-order valence-electron chi connectivity index (χ3n) is 4.52. The van der Waals surface area contributed by atoms with Crippen molar-refractivity contribution < 1.29 is 23.8 Å². The fraction of sp³-hybridized carbons (Fsp3) is 0.450. The van der Waals surface area contributed by atoms with Crippen molar-refractivity contribution >= 4 is 23.2 Å². The number of aromatic nitrogens is 1. The highest BCUT2D eigenvalue weighted by Crippen LogP contribution is 2.22. The second kappa shape index (κ2) is 9.54. The van der Waals surface area contributed by atoms with Crippen molar-refractivity contribution in [1.29, 1.82) is 0 Å². The maximum Gasteiger partial charge on any atom is 0.310 e. The molecule has 1 aliphatic heterocycles. The number of nitrogens with zero attached hydrogens (tertiary/aromatic N) is 2. The molecule has 0 saturated carbocycles. The van der Waals surface area contributed by atoms with Crippen molar-refractivity contribution in [3.05, 3.63) is 40.3 Å². The molecule has 2 aromatic rings. The summed E-state index contributed by atoms with van der Waals surface area (Å²) in [5.74, 6) is 0.830. The van der Waals surface area contributed by atoms with Crippen LogP contribution < -0.4 is 9.47 Å². The van der Waals surface area contributed by atoms with E-state index in [1.54, 1.807) is 24.3 Å². The van der Waals surface area contributed by atoms with Gasteiger partial charge in [-0.05, 0) is 44.0 Å². The number of amides is 1. The summed E-state index contributed by atoms with van der Waals surface area (Å²) in [6, 6.07) is 7.29. The van der Waals surface area contributed by atoms with Crippen LogP contribution in [-0.2, 0) is 16.1 Å². The highest BCUT2D eigenvalue weighted by molar-refractivity contribution is 7.09. The van der Waals surface area contributed by atoms with Crippen LogP contribution in [0.3, 0.4) is 0 Å². The van der Waals surface area contributed by atoms with E-state index in [9.17, 15) is 9.59 Å². The molecular formula is C20H24N2O5S. The predicted molar refractivity (Wildman–Crippen MR) is 105 cm³/mol. The first kappa shape index (κ1) is 20.1. The standard InChI is InChI=1S/C20H24N2O5S/c1-3-26-20(24)14-5-4-10-22(11-14)19(23)17-13-28-18(21-17)12-27-16-8-6-15(25-2)7-9-16/h6-9,13-14H,3-5,10-12H2,1-2H3. The molecule has 0 bridgehead atoms. The lowest BCUT2D eigenvalue weighted by atomic mass is 9.98. The number of carbonyl (C=O) groups excluding carboxylic acids is 2. The smallest absolute Gasteiger partial charge is 0.310 e. The molecule has 3 rings (SSSR count). The van der Waals surface area contributed by atoms with Gasteiger partial charge in [0, 0.05) is 18.5 Å². The number of methoxy groups -OCH3 is 1. The lowest BCUT2D eigenvalue weighted by Gasteiger charge is -2.31. The Morgan fingerprint density at radius 3 is 2.71 bits per heavy atom. The second-order valence-electron chi connectivity index (χ2n) is 6.43. The number of hydrogen-bond acceptors (Lipinski definition) is 7. The number of piperidine rings is 1. The molecule has 7 nitrogen and oxygen atoms in total. The van der Waals surface area contributed by atoms with Gasteiger partial charge in [-0.1, -0.05) is 0 Å². The molecule has 1 amide bonds. The van der Waals surface area contributed by atoms with Crippen LogP contribution in [0.2, 0.25) is 0 Å². The van der Waals surface area contributed by atoms with E-state index >= 15 is 0 Å². The molecule has 0 aliphatic carbocycles. The third-order valence-corrected chi connectivity index (χ3v) is 5.34. The summed E-state index contributed by atoms with van der Waals surface area (Å²) in [6.45, 7) is 3.44. The Hall–Kier alpha value is -2.61. The van der Waals surface area contributed by atoms with E-state index in [0.717, 1.165) is 23.6 Å². The Labute approximate surface area is 168 Å². The van der Waals surface area contributed by atoms with Gasteiger partial charge in [-0.15, -0.1) is 11.3 Å². The number of esters is 1. The van der Waals surface area contributed by atoms with Gasteiger partial charge in [0.2, 0.25) is 0 Å². The zero-order valence-corrected chi connectivity index (χ0v) is 16.9. The van der Waals surface area contributed by atoms with E-state index in [1.165, 1.54) is 11.3 Å². The zero-order valence-electron chi connectivity index (χ0n) is 16.1. The van der Waals surface area contributed by atoms with Crippen LogP contribution >= 0.6 is 11.3 Å². The van der Waals surface area contributed by atoms with Crippen molar-refractivity contribution in [3.63, 3.8) is 0 Å². The summed E-state index contributed by atoms with van der Waals surface area (Å²) in [7, 11) is 1.61. The summed E-state index contributed by atoms with van der Waals surface area (Å²) >= 11 is 1.38. The lowest BCUT2D eigenvalue weighted by molar-refractivity contribution is -0.149. The average Bonchev–Trinajstić information content (AvgIpc) is 3.21. The molecule has 0 spiro atoms. The van der Waals surface area contributed by atoms with Crippen molar-refractivity contribution in [3.8, 4) is 11.5 Å². The molecule has 1 aliphatic rings. The topological polar surface area (TPSA) is 78.0 Å². The zero-order chi connectivity index (χ0) is 19.9. The molecular weight excluding hydrogens is 380 g/mol. The maximum absolute atomic E-state index is 12.7. The largest absolute Gasteiger partial charge is 0.497 e. The second-order valence-corrected chi connectivity index (χ2v) is 7.38. The van der Waals surface area contributed by atoms with Crippen LogP contribution in [0, 0.1) is 5.92 Å². The van der Waals surface area contributed by atoms with Crippen LogP contribution in [0.4, 0.5) is 0 Å². The molecule has 1 saturated heterocycles. The predicted octanol–water partition coefficient (Wildman–Crippen LogP) is 3.15. The fourth-order valence-corrected chi connectivity index (χ4v) is 3.75. The van der Waals surface area contributed by atoms with E-state index in [4.69, 9.17) is 14.2 Å². The van der Waals surface area contributed by atoms with Gasteiger partial charge in [-0.25, -0.2) is 4.98 Å². The first-order chi connectivity index (χ1) is 13.6. The molecule has 28 heavy (non-hydrogen) atoms.